The number of amidine groups is 1. The van der Waals surface area contributed by atoms with Crippen LogP contribution < -0.4 is 5.32 Å². The van der Waals surface area contributed by atoms with Gasteiger partial charge in [0.05, 0.1) is 11.5 Å². The van der Waals surface area contributed by atoms with Crippen LogP contribution >= 0.6 is 11.8 Å². The van der Waals surface area contributed by atoms with Gasteiger partial charge in [0.25, 0.3) is 0 Å². The van der Waals surface area contributed by atoms with E-state index in [-0.39, 0.29) is 16.9 Å². The van der Waals surface area contributed by atoms with Gasteiger partial charge in [0.2, 0.25) is 5.91 Å². The minimum Gasteiger partial charge on any atom is -0.508 e. The van der Waals surface area contributed by atoms with E-state index in [4.69, 9.17) is 0 Å². The molecule has 2 aromatic rings. The van der Waals surface area contributed by atoms with Crippen molar-refractivity contribution >= 4 is 29.1 Å². The van der Waals surface area contributed by atoms with Gasteiger partial charge in [-0.15, -0.1) is 5.10 Å². The van der Waals surface area contributed by atoms with Gasteiger partial charge in [-0.2, -0.15) is 5.10 Å². The molecular weight excluding hydrogens is 322 g/mol. The molecule has 1 aliphatic rings. The second-order valence-electron chi connectivity index (χ2n) is 5.53. The fourth-order valence-electron chi connectivity index (χ4n) is 2.35. The maximum Gasteiger partial charge on any atom is 0.239 e. The van der Waals surface area contributed by atoms with Crippen LogP contribution in [0.15, 0.2) is 58.7 Å². The summed E-state index contributed by atoms with van der Waals surface area (Å²) < 4.78 is 0. The molecule has 2 aromatic carbocycles. The van der Waals surface area contributed by atoms with Crippen molar-refractivity contribution < 1.29 is 9.90 Å². The molecule has 1 saturated heterocycles. The molecule has 2 N–H and O–H groups in total. The lowest BCUT2D eigenvalue weighted by Gasteiger charge is -2.05. The van der Waals surface area contributed by atoms with Gasteiger partial charge in [-0.05, 0) is 48.7 Å². The number of aromatic hydroxyl groups is 1. The van der Waals surface area contributed by atoms with Crippen molar-refractivity contribution in [1.82, 2.24) is 5.32 Å². The highest BCUT2D eigenvalue weighted by Gasteiger charge is 2.30. The highest BCUT2D eigenvalue weighted by atomic mass is 32.2. The van der Waals surface area contributed by atoms with Crippen molar-refractivity contribution in [3.8, 4) is 5.75 Å². The first kappa shape index (κ1) is 16.3. The Morgan fingerprint density at radius 1 is 1.25 bits per heavy atom. The zero-order valence-corrected chi connectivity index (χ0v) is 14.0. The Morgan fingerprint density at radius 2 is 2.04 bits per heavy atom. The lowest BCUT2D eigenvalue weighted by Crippen LogP contribution is -2.25. The van der Waals surface area contributed by atoms with Gasteiger partial charge in [0.15, 0.2) is 5.17 Å². The number of carbonyl (C=O) groups excluding carboxylic acids is 1. The van der Waals surface area contributed by atoms with Crippen molar-refractivity contribution in [2.24, 2.45) is 10.2 Å². The number of rotatable bonds is 4. The van der Waals surface area contributed by atoms with E-state index >= 15 is 0 Å². The van der Waals surface area contributed by atoms with Crippen molar-refractivity contribution in [2.45, 2.75) is 18.6 Å². The number of benzene rings is 2. The van der Waals surface area contributed by atoms with E-state index < -0.39 is 0 Å². The van der Waals surface area contributed by atoms with Crippen LogP contribution in [0.3, 0.4) is 0 Å². The Morgan fingerprint density at radius 3 is 2.79 bits per heavy atom. The van der Waals surface area contributed by atoms with Crippen molar-refractivity contribution in [3.05, 3.63) is 65.2 Å². The van der Waals surface area contributed by atoms with E-state index in [0.29, 0.717) is 11.6 Å². The highest BCUT2D eigenvalue weighted by Crippen LogP contribution is 2.23. The quantitative estimate of drug-likeness (QED) is 0.664. The van der Waals surface area contributed by atoms with Crippen LogP contribution in [0.1, 0.15) is 16.7 Å². The Balaban J connectivity index is 1.62. The summed E-state index contributed by atoms with van der Waals surface area (Å²) in [6.07, 6.45) is 2.24. The second kappa shape index (κ2) is 7.31. The first-order valence-corrected chi connectivity index (χ1v) is 8.41. The SMILES string of the molecule is Cc1cccc(C[C@@H]2S/C(=N/N=C\c3ccc(O)cc3)NC2=O)c1. The van der Waals surface area contributed by atoms with Crippen LogP contribution in [0.4, 0.5) is 0 Å². The highest BCUT2D eigenvalue weighted by molar-refractivity contribution is 8.15. The fourth-order valence-corrected chi connectivity index (χ4v) is 3.31. The van der Waals surface area contributed by atoms with Gasteiger partial charge in [-0.3, -0.25) is 4.79 Å². The summed E-state index contributed by atoms with van der Waals surface area (Å²) in [5.74, 6) is 0.163. The molecule has 0 radical (unpaired) electrons. The molecular formula is C18H17N3O2S. The van der Waals surface area contributed by atoms with Gasteiger partial charge < -0.3 is 10.4 Å². The van der Waals surface area contributed by atoms with E-state index in [1.807, 2.05) is 25.1 Å². The molecule has 0 unspecified atom stereocenters. The van der Waals surface area contributed by atoms with Crippen LogP contribution in [0.25, 0.3) is 0 Å². The number of hydrogen-bond acceptors (Lipinski definition) is 5. The molecule has 0 aliphatic carbocycles. The summed E-state index contributed by atoms with van der Waals surface area (Å²) in [6, 6.07) is 14.8. The van der Waals surface area contributed by atoms with Gasteiger partial charge >= 0.3 is 0 Å². The largest absolute Gasteiger partial charge is 0.508 e. The normalized spacial score (nSPS) is 19.1. The minimum absolute atomic E-state index is 0.0416. The maximum atomic E-state index is 12.1. The van der Waals surface area contributed by atoms with E-state index in [9.17, 15) is 9.90 Å². The van der Waals surface area contributed by atoms with E-state index in [0.717, 1.165) is 11.1 Å². The van der Waals surface area contributed by atoms with Crippen molar-refractivity contribution in [3.63, 3.8) is 0 Å². The molecule has 0 saturated carbocycles. The lowest BCUT2D eigenvalue weighted by molar-refractivity contribution is -0.118. The lowest BCUT2D eigenvalue weighted by atomic mass is 10.1. The molecule has 0 aromatic heterocycles. The molecule has 5 nitrogen and oxygen atoms in total. The molecule has 3 rings (SSSR count). The third-order valence-electron chi connectivity index (χ3n) is 3.53. The third kappa shape index (κ3) is 4.23. The molecule has 1 atom stereocenters. The summed E-state index contributed by atoms with van der Waals surface area (Å²) >= 11 is 1.39. The number of phenols is 1. The topological polar surface area (TPSA) is 74.1 Å². The Hall–Kier alpha value is -2.60. The summed E-state index contributed by atoms with van der Waals surface area (Å²) in [6.45, 7) is 2.04. The van der Waals surface area contributed by atoms with Crippen molar-refractivity contribution in [1.29, 1.82) is 0 Å². The van der Waals surface area contributed by atoms with Crippen LogP contribution in [-0.2, 0) is 11.2 Å². The predicted molar refractivity (Wildman–Crippen MR) is 97.5 cm³/mol. The number of carbonyl (C=O) groups is 1. The number of aryl methyl sites for hydroxylation is 1. The summed E-state index contributed by atoms with van der Waals surface area (Å²) in [7, 11) is 0. The number of thioether (sulfide) groups is 1. The molecule has 24 heavy (non-hydrogen) atoms. The summed E-state index contributed by atoms with van der Waals surface area (Å²) in [5, 5.41) is 20.3. The first-order valence-electron chi connectivity index (χ1n) is 7.53. The van der Waals surface area contributed by atoms with Gasteiger partial charge in [-0.25, -0.2) is 0 Å². The standard InChI is InChI=1S/C18H17N3O2S/c1-12-3-2-4-14(9-12)10-16-17(23)20-18(24-16)21-19-11-13-5-7-15(22)8-6-13/h2-9,11,16,22H,10H2,1H3,(H,20,21,23)/b19-11-/t16-/m0/s1. The molecule has 1 amide bonds. The summed E-state index contributed by atoms with van der Waals surface area (Å²) in [4.78, 5) is 12.1. The molecule has 1 heterocycles. The number of amides is 1. The monoisotopic (exact) mass is 339 g/mol. The predicted octanol–water partition coefficient (Wildman–Crippen LogP) is 2.86. The summed E-state index contributed by atoms with van der Waals surface area (Å²) in [5.41, 5.74) is 3.14. The molecule has 6 heteroatoms. The van der Waals surface area contributed by atoms with Crippen LogP contribution in [-0.4, -0.2) is 27.6 Å². The van der Waals surface area contributed by atoms with E-state index in [1.54, 1.807) is 30.5 Å². The fraction of sp³-hybridized carbons (Fsp3) is 0.167. The molecule has 1 aliphatic heterocycles. The molecule has 0 bridgehead atoms. The zero-order chi connectivity index (χ0) is 16.9. The number of nitrogens with zero attached hydrogens (tertiary/aromatic N) is 2. The Bertz CT molecular complexity index is 800. The van der Waals surface area contributed by atoms with Crippen LogP contribution in [0.2, 0.25) is 0 Å². The van der Waals surface area contributed by atoms with Gasteiger partial charge in [0, 0.05) is 0 Å². The number of hydrogen-bond donors (Lipinski definition) is 2. The first-order chi connectivity index (χ1) is 11.6. The number of nitrogens with one attached hydrogen (secondary N) is 1. The van der Waals surface area contributed by atoms with Crippen LogP contribution in [0.5, 0.6) is 5.75 Å². The zero-order valence-electron chi connectivity index (χ0n) is 13.1. The van der Waals surface area contributed by atoms with Gasteiger partial charge in [0.1, 0.15) is 5.75 Å². The van der Waals surface area contributed by atoms with E-state index in [2.05, 4.69) is 21.6 Å². The maximum absolute atomic E-state index is 12.1. The minimum atomic E-state index is -0.186. The number of phenolic OH excluding ortho intramolecular Hbond substituents is 1. The van der Waals surface area contributed by atoms with Crippen LogP contribution in [0, 0.1) is 6.92 Å². The van der Waals surface area contributed by atoms with Crippen molar-refractivity contribution in [2.75, 3.05) is 0 Å². The Labute approximate surface area is 144 Å². The smallest absolute Gasteiger partial charge is 0.239 e. The second-order valence-corrected chi connectivity index (χ2v) is 6.72. The third-order valence-corrected chi connectivity index (χ3v) is 4.60. The van der Waals surface area contributed by atoms with E-state index in [1.165, 1.54) is 17.3 Å². The molecule has 1 fully saturated rings. The average Bonchev–Trinajstić information content (AvgIpc) is 2.89. The van der Waals surface area contributed by atoms with Gasteiger partial charge in [-0.1, -0.05) is 41.6 Å². The molecule has 0 spiro atoms. The average molecular weight is 339 g/mol. The molecule has 122 valence electrons. The Kier molecular flexibility index (Phi) is 4.96.